The van der Waals surface area contributed by atoms with Crippen LogP contribution >= 0.6 is 0 Å². The van der Waals surface area contributed by atoms with Crippen molar-refractivity contribution in [1.82, 2.24) is 4.90 Å². The lowest BCUT2D eigenvalue weighted by Crippen LogP contribution is -2.30. The number of nitrogens with zero attached hydrogens (tertiary/aromatic N) is 2. The summed E-state index contributed by atoms with van der Waals surface area (Å²) in [6.07, 6.45) is 2.63. The molecule has 1 amide bonds. The highest BCUT2D eigenvalue weighted by Gasteiger charge is 2.32. The van der Waals surface area contributed by atoms with Gasteiger partial charge in [0.25, 0.3) is 11.6 Å². The van der Waals surface area contributed by atoms with Crippen molar-refractivity contribution in [2.45, 2.75) is 32.2 Å². The Morgan fingerprint density at radius 2 is 1.89 bits per heavy atom. The van der Waals surface area contributed by atoms with Crippen molar-refractivity contribution in [3.63, 3.8) is 0 Å². The molecule has 2 aliphatic rings. The minimum atomic E-state index is -0.431. The molecule has 0 bridgehead atoms. The Balaban J connectivity index is 1.60. The molecule has 4 rings (SSSR count). The Bertz CT molecular complexity index is 927. The molecule has 0 spiro atoms. The first-order valence-electron chi connectivity index (χ1n) is 9.50. The van der Waals surface area contributed by atoms with Crippen LogP contribution in [-0.2, 0) is 0 Å². The van der Waals surface area contributed by atoms with Gasteiger partial charge in [-0.2, -0.15) is 0 Å². The summed E-state index contributed by atoms with van der Waals surface area (Å²) < 4.78 is 11.5. The van der Waals surface area contributed by atoms with E-state index >= 15 is 0 Å². The van der Waals surface area contributed by atoms with E-state index in [1.807, 2.05) is 23.1 Å². The summed E-state index contributed by atoms with van der Waals surface area (Å²) in [4.78, 5) is 25.6. The summed E-state index contributed by atoms with van der Waals surface area (Å²) in [6.45, 7) is 3.57. The predicted octanol–water partition coefficient (Wildman–Crippen LogP) is 4.04. The molecule has 0 radical (unpaired) electrons. The molecule has 0 aromatic heterocycles. The third-order valence-corrected chi connectivity index (χ3v) is 5.31. The molecule has 7 heteroatoms. The van der Waals surface area contributed by atoms with Gasteiger partial charge in [0.05, 0.1) is 24.2 Å². The van der Waals surface area contributed by atoms with Crippen LogP contribution in [0.15, 0.2) is 36.4 Å². The number of fused-ring (bicyclic) bond motifs is 1. The molecule has 0 aliphatic carbocycles. The van der Waals surface area contributed by atoms with Crippen LogP contribution in [-0.4, -0.2) is 35.5 Å². The molecule has 7 nitrogen and oxygen atoms in total. The van der Waals surface area contributed by atoms with E-state index in [2.05, 4.69) is 0 Å². The number of rotatable bonds is 3. The van der Waals surface area contributed by atoms with Gasteiger partial charge in [0.1, 0.15) is 0 Å². The standard InChI is InChI=1S/C21H22N2O5/c1-14-12-16(5-7-17(14)23(25)26)21(24)22-9-2-4-18(22)15-6-8-19-20(13-15)28-11-3-10-27-19/h5-8,12-13,18H,2-4,9-11H2,1H3/t18-/m1/s1. The van der Waals surface area contributed by atoms with Gasteiger partial charge >= 0.3 is 0 Å². The highest BCUT2D eigenvalue weighted by molar-refractivity contribution is 5.95. The molecular weight excluding hydrogens is 360 g/mol. The number of benzene rings is 2. The Hall–Kier alpha value is -3.09. The summed E-state index contributed by atoms with van der Waals surface area (Å²) in [5, 5.41) is 11.0. The van der Waals surface area contributed by atoms with E-state index < -0.39 is 4.92 Å². The van der Waals surface area contributed by atoms with Crippen LogP contribution < -0.4 is 9.47 Å². The van der Waals surface area contributed by atoms with E-state index in [-0.39, 0.29) is 17.6 Å². The van der Waals surface area contributed by atoms with Crippen LogP contribution in [0.5, 0.6) is 11.5 Å². The second-order valence-electron chi connectivity index (χ2n) is 7.17. The van der Waals surface area contributed by atoms with E-state index in [9.17, 15) is 14.9 Å². The highest BCUT2D eigenvalue weighted by Crippen LogP contribution is 2.38. The molecule has 0 saturated carbocycles. The van der Waals surface area contributed by atoms with Gasteiger partial charge in [0.2, 0.25) is 0 Å². The van der Waals surface area contributed by atoms with E-state index in [0.29, 0.717) is 30.9 Å². The second kappa shape index (κ2) is 7.50. The Labute approximate surface area is 163 Å². The lowest BCUT2D eigenvalue weighted by Gasteiger charge is -2.26. The highest BCUT2D eigenvalue weighted by atomic mass is 16.6. The first-order valence-corrected chi connectivity index (χ1v) is 9.50. The molecule has 0 unspecified atom stereocenters. The van der Waals surface area contributed by atoms with Crippen LogP contribution in [0.4, 0.5) is 5.69 Å². The van der Waals surface area contributed by atoms with Crippen LogP contribution in [0.1, 0.15) is 46.8 Å². The number of nitro benzene ring substituents is 1. The van der Waals surface area contributed by atoms with Gasteiger partial charge in [-0.25, -0.2) is 0 Å². The number of hydrogen-bond donors (Lipinski definition) is 0. The van der Waals surface area contributed by atoms with Crippen molar-refractivity contribution in [2.24, 2.45) is 0 Å². The lowest BCUT2D eigenvalue weighted by atomic mass is 10.0. The average molecular weight is 382 g/mol. The molecular formula is C21H22N2O5. The van der Waals surface area contributed by atoms with Gasteiger partial charge in [-0.3, -0.25) is 14.9 Å². The van der Waals surface area contributed by atoms with Crippen molar-refractivity contribution in [3.8, 4) is 11.5 Å². The van der Waals surface area contributed by atoms with E-state index in [1.54, 1.807) is 13.0 Å². The summed E-state index contributed by atoms with van der Waals surface area (Å²) in [6, 6.07) is 10.4. The summed E-state index contributed by atoms with van der Waals surface area (Å²) in [7, 11) is 0. The fourth-order valence-corrected chi connectivity index (χ4v) is 3.90. The van der Waals surface area contributed by atoms with Crippen LogP contribution in [0.2, 0.25) is 0 Å². The normalized spacial score (nSPS) is 18.6. The monoisotopic (exact) mass is 382 g/mol. The molecule has 2 aromatic rings. The number of hydrogen-bond acceptors (Lipinski definition) is 5. The maximum atomic E-state index is 13.1. The van der Waals surface area contributed by atoms with Crippen molar-refractivity contribution < 1.29 is 19.2 Å². The molecule has 146 valence electrons. The van der Waals surface area contributed by atoms with Crippen LogP contribution in [0, 0.1) is 17.0 Å². The number of carbonyl (C=O) groups is 1. The maximum Gasteiger partial charge on any atom is 0.272 e. The van der Waals surface area contributed by atoms with Crippen LogP contribution in [0.25, 0.3) is 0 Å². The second-order valence-corrected chi connectivity index (χ2v) is 7.17. The number of nitro groups is 1. The molecule has 2 aliphatic heterocycles. The fourth-order valence-electron chi connectivity index (χ4n) is 3.90. The summed E-state index contributed by atoms with van der Waals surface area (Å²) in [5.74, 6) is 1.36. The van der Waals surface area contributed by atoms with E-state index in [1.165, 1.54) is 12.1 Å². The van der Waals surface area contributed by atoms with Crippen molar-refractivity contribution in [2.75, 3.05) is 19.8 Å². The number of carbonyl (C=O) groups excluding carboxylic acids is 1. The maximum absolute atomic E-state index is 13.1. The summed E-state index contributed by atoms with van der Waals surface area (Å²) in [5.41, 5.74) is 2.01. The molecule has 0 N–H and O–H groups in total. The van der Waals surface area contributed by atoms with Crippen molar-refractivity contribution in [1.29, 1.82) is 0 Å². The Morgan fingerprint density at radius 1 is 1.11 bits per heavy atom. The van der Waals surface area contributed by atoms with Gasteiger partial charge in [0, 0.05) is 30.2 Å². The predicted molar refractivity (Wildman–Crippen MR) is 103 cm³/mol. The zero-order valence-corrected chi connectivity index (χ0v) is 15.7. The molecule has 2 heterocycles. The SMILES string of the molecule is Cc1cc(C(=O)N2CCC[C@@H]2c2ccc3c(c2)OCCCO3)ccc1[N+](=O)[O-]. The third kappa shape index (κ3) is 3.40. The quantitative estimate of drug-likeness (QED) is 0.591. The van der Waals surface area contributed by atoms with E-state index in [0.717, 1.165) is 36.3 Å². The zero-order chi connectivity index (χ0) is 19.7. The Morgan fingerprint density at radius 3 is 2.64 bits per heavy atom. The lowest BCUT2D eigenvalue weighted by molar-refractivity contribution is -0.385. The minimum Gasteiger partial charge on any atom is -0.490 e. The van der Waals surface area contributed by atoms with Gasteiger partial charge in [0.15, 0.2) is 11.5 Å². The average Bonchev–Trinajstić information content (AvgIpc) is 3.05. The van der Waals surface area contributed by atoms with Gasteiger partial charge < -0.3 is 14.4 Å². The summed E-state index contributed by atoms with van der Waals surface area (Å²) >= 11 is 0. The first-order chi connectivity index (χ1) is 13.5. The zero-order valence-electron chi connectivity index (χ0n) is 15.7. The van der Waals surface area contributed by atoms with Crippen molar-refractivity contribution >= 4 is 11.6 Å². The molecule has 1 fully saturated rings. The largest absolute Gasteiger partial charge is 0.490 e. The smallest absolute Gasteiger partial charge is 0.272 e. The third-order valence-electron chi connectivity index (χ3n) is 5.31. The number of likely N-dealkylation sites (tertiary alicyclic amines) is 1. The molecule has 2 aromatic carbocycles. The fraction of sp³-hybridized carbons (Fsp3) is 0.381. The van der Waals surface area contributed by atoms with Gasteiger partial charge in [-0.05, 0) is 49.6 Å². The van der Waals surface area contributed by atoms with Crippen molar-refractivity contribution in [3.05, 3.63) is 63.2 Å². The first kappa shape index (κ1) is 18.3. The topological polar surface area (TPSA) is 81.9 Å². The van der Waals surface area contributed by atoms with Crippen LogP contribution in [0.3, 0.4) is 0 Å². The number of amides is 1. The number of ether oxygens (including phenoxy) is 2. The van der Waals surface area contributed by atoms with Gasteiger partial charge in [-0.15, -0.1) is 0 Å². The number of aryl methyl sites for hydroxylation is 1. The minimum absolute atomic E-state index is 0.0254. The van der Waals surface area contributed by atoms with E-state index in [4.69, 9.17) is 9.47 Å². The Kier molecular flexibility index (Phi) is 4.90. The molecule has 1 atom stereocenters. The molecule has 28 heavy (non-hydrogen) atoms. The molecule has 1 saturated heterocycles. The van der Waals surface area contributed by atoms with Gasteiger partial charge in [-0.1, -0.05) is 6.07 Å².